The van der Waals surface area contributed by atoms with Gasteiger partial charge in [0.15, 0.2) is 9.84 Å². The molecule has 0 radical (unpaired) electrons. The first-order valence-electron chi connectivity index (χ1n) is 5.08. The minimum absolute atomic E-state index is 0.0991. The smallest absolute Gasteiger partial charge is 0.150 e. The zero-order valence-electron chi connectivity index (χ0n) is 8.57. The molecule has 0 amide bonds. The van der Waals surface area contributed by atoms with Gasteiger partial charge in [-0.25, -0.2) is 8.42 Å². The molecule has 1 aromatic rings. The Morgan fingerprint density at radius 1 is 1.31 bits per heavy atom. The van der Waals surface area contributed by atoms with Crippen molar-refractivity contribution in [3.8, 4) is 0 Å². The average molecular weight is 324 g/mol. The molecule has 0 aromatic heterocycles. The molecular weight excluding hydrogens is 312 g/mol. The van der Waals surface area contributed by atoms with Crippen LogP contribution < -0.4 is 0 Å². The predicted octanol–water partition coefficient (Wildman–Crippen LogP) is 3.21. The summed E-state index contributed by atoms with van der Waals surface area (Å²) in [5.74, 6) is 0.769. The van der Waals surface area contributed by atoms with Crippen molar-refractivity contribution in [3.63, 3.8) is 0 Å². The number of hydrogen-bond donors (Lipinski definition) is 0. The molecule has 1 aliphatic heterocycles. The van der Waals surface area contributed by atoms with Crippen LogP contribution in [0.25, 0.3) is 0 Å². The number of benzene rings is 1. The molecule has 5 heteroatoms. The Morgan fingerprint density at radius 2 is 1.94 bits per heavy atom. The molecule has 16 heavy (non-hydrogen) atoms. The number of sulfone groups is 1. The third-order valence-electron chi connectivity index (χ3n) is 2.87. The van der Waals surface area contributed by atoms with E-state index in [4.69, 9.17) is 11.6 Å². The van der Waals surface area contributed by atoms with Crippen LogP contribution in [0.4, 0.5) is 0 Å². The lowest BCUT2D eigenvalue weighted by Gasteiger charge is -2.16. The summed E-state index contributed by atoms with van der Waals surface area (Å²) in [4.78, 5) is 0.0991. The van der Waals surface area contributed by atoms with Crippen molar-refractivity contribution in [2.45, 2.75) is 11.2 Å². The molecule has 2 nitrogen and oxygen atoms in total. The molecule has 0 saturated carbocycles. The first-order chi connectivity index (χ1) is 7.48. The van der Waals surface area contributed by atoms with Gasteiger partial charge in [-0.15, -0.1) is 0 Å². The van der Waals surface area contributed by atoms with Gasteiger partial charge in [0.2, 0.25) is 0 Å². The molecule has 2 unspecified atom stereocenters. The molecule has 1 aromatic carbocycles. The number of hydrogen-bond acceptors (Lipinski definition) is 2. The van der Waals surface area contributed by atoms with Crippen LogP contribution in [-0.2, 0) is 9.84 Å². The highest BCUT2D eigenvalue weighted by molar-refractivity contribution is 9.09. The van der Waals surface area contributed by atoms with Crippen LogP contribution in [0.15, 0.2) is 24.3 Å². The molecule has 1 saturated heterocycles. The molecule has 0 N–H and O–H groups in total. The van der Waals surface area contributed by atoms with E-state index in [1.807, 2.05) is 24.3 Å². The van der Waals surface area contributed by atoms with Crippen LogP contribution in [0.1, 0.15) is 16.8 Å². The monoisotopic (exact) mass is 322 g/mol. The fraction of sp³-hybridized carbons (Fsp3) is 0.455. The zero-order valence-corrected chi connectivity index (χ0v) is 11.7. The highest BCUT2D eigenvalue weighted by Crippen LogP contribution is 2.37. The van der Waals surface area contributed by atoms with Gasteiger partial charge in [-0.3, -0.25) is 0 Å². The number of alkyl halides is 1. The number of halogens is 2. The van der Waals surface area contributed by atoms with Gasteiger partial charge >= 0.3 is 0 Å². The summed E-state index contributed by atoms with van der Waals surface area (Å²) < 4.78 is 22.8. The molecule has 1 fully saturated rings. The topological polar surface area (TPSA) is 34.1 Å². The second kappa shape index (κ2) is 4.67. The normalized spacial score (nSPS) is 25.5. The highest BCUT2D eigenvalue weighted by atomic mass is 79.9. The standard InChI is InChI=1S/C11H12BrClO2S/c12-11(8-1-3-10(13)4-2-8)9-5-6-16(14,15)7-9/h1-4,9,11H,5-7H2. The lowest BCUT2D eigenvalue weighted by molar-refractivity contribution is 0.580. The first-order valence-corrected chi connectivity index (χ1v) is 8.19. The Bertz CT molecular complexity index is 469. The minimum atomic E-state index is -2.81. The molecule has 2 atom stereocenters. The van der Waals surface area contributed by atoms with Gasteiger partial charge < -0.3 is 0 Å². The van der Waals surface area contributed by atoms with Gasteiger partial charge in [0.05, 0.1) is 11.5 Å². The van der Waals surface area contributed by atoms with Gasteiger partial charge in [-0.05, 0) is 30.0 Å². The van der Waals surface area contributed by atoms with E-state index in [2.05, 4.69) is 15.9 Å². The van der Waals surface area contributed by atoms with Crippen LogP contribution in [0.2, 0.25) is 5.02 Å². The maximum absolute atomic E-state index is 11.4. The van der Waals surface area contributed by atoms with Crippen molar-refractivity contribution in [2.24, 2.45) is 5.92 Å². The fourth-order valence-corrected chi connectivity index (χ4v) is 4.94. The summed E-state index contributed by atoms with van der Waals surface area (Å²) in [7, 11) is -2.81. The second-order valence-corrected chi connectivity index (χ2v) is 7.77. The van der Waals surface area contributed by atoms with E-state index in [9.17, 15) is 8.42 Å². The minimum Gasteiger partial charge on any atom is -0.229 e. The summed E-state index contributed by atoms with van der Waals surface area (Å²) >= 11 is 9.39. The van der Waals surface area contributed by atoms with Crippen molar-refractivity contribution < 1.29 is 8.42 Å². The molecule has 88 valence electrons. The lowest BCUT2D eigenvalue weighted by atomic mass is 9.99. The Kier molecular flexibility index (Phi) is 3.62. The van der Waals surface area contributed by atoms with E-state index in [1.165, 1.54) is 0 Å². The summed E-state index contributed by atoms with van der Waals surface area (Å²) in [5, 5.41) is 0.697. The van der Waals surface area contributed by atoms with Gasteiger partial charge in [0.1, 0.15) is 0 Å². The molecule has 0 aliphatic carbocycles. The lowest BCUT2D eigenvalue weighted by Crippen LogP contribution is -2.09. The largest absolute Gasteiger partial charge is 0.229 e. The Morgan fingerprint density at radius 3 is 2.44 bits per heavy atom. The van der Waals surface area contributed by atoms with E-state index in [1.54, 1.807) is 0 Å². The fourth-order valence-electron chi connectivity index (χ4n) is 1.97. The average Bonchev–Trinajstić information content (AvgIpc) is 2.59. The summed E-state index contributed by atoms with van der Waals surface area (Å²) in [6.45, 7) is 0. The zero-order chi connectivity index (χ0) is 11.8. The predicted molar refractivity (Wildman–Crippen MR) is 69.9 cm³/mol. The van der Waals surface area contributed by atoms with Gasteiger partial charge in [-0.2, -0.15) is 0 Å². The molecular formula is C11H12BrClO2S. The van der Waals surface area contributed by atoms with Crippen LogP contribution in [0.3, 0.4) is 0 Å². The van der Waals surface area contributed by atoms with E-state index >= 15 is 0 Å². The molecule has 0 bridgehead atoms. The van der Waals surface area contributed by atoms with Crippen LogP contribution in [-0.4, -0.2) is 19.9 Å². The summed E-state index contributed by atoms with van der Waals surface area (Å²) in [6, 6.07) is 7.53. The Hall–Kier alpha value is -0.0600. The van der Waals surface area contributed by atoms with E-state index in [0.717, 1.165) is 12.0 Å². The molecule has 0 spiro atoms. The van der Waals surface area contributed by atoms with Crippen molar-refractivity contribution in [1.29, 1.82) is 0 Å². The van der Waals surface area contributed by atoms with Crippen molar-refractivity contribution in [1.82, 2.24) is 0 Å². The maximum atomic E-state index is 11.4. The first kappa shape index (κ1) is 12.4. The Labute approximate surface area is 109 Å². The summed E-state index contributed by atoms with van der Waals surface area (Å²) in [6.07, 6.45) is 0.737. The van der Waals surface area contributed by atoms with Crippen LogP contribution >= 0.6 is 27.5 Å². The third-order valence-corrected chi connectivity index (χ3v) is 6.19. The third kappa shape index (κ3) is 2.79. The molecule has 1 heterocycles. The van der Waals surface area contributed by atoms with Gasteiger partial charge in [0.25, 0.3) is 0 Å². The molecule has 2 rings (SSSR count). The molecule has 1 aliphatic rings. The van der Waals surface area contributed by atoms with Gasteiger partial charge in [0, 0.05) is 9.85 Å². The SMILES string of the molecule is O=S1(=O)CCC(C(Br)c2ccc(Cl)cc2)C1. The quantitative estimate of drug-likeness (QED) is 0.783. The number of rotatable bonds is 2. The van der Waals surface area contributed by atoms with Crippen LogP contribution in [0.5, 0.6) is 0 Å². The van der Waals surface area contributed by atoms with Crippen molar-refractivity contribution in [2.75, 3.05) is 11.5 Å². The van der Waals surface area contributed by atoms with E-state index < -0.39 is 9.84 Å². The Balaban J connectivity index is 2.14. The van der Waals surface area contributed by atoms with Gasteiger partial charge in [-0.1, -0.05) is 39.7 Å². The maximum Gasteiger partial charge on any atom is 0.150 e. The van der Waals surface area contributed by atoms with E-state index in [-0.39, 0.29) is 16.5 Å². The summed E-state index contributed by atoms with van der Waals surface area (Å²) in [5.41, 5.74) is 1.09. The second-order valence-electron chi connectivity index (χ2n) is 4.12. The van der Waals surface area contributed by atoms with Crippen molar-refractivity contribution >= 4 is 37.4 Å². The van der Waals surface area contributed by atoms with Crippen LogP contribution in [0, 0.1) is 5.92 Å². The highest BCUT2D eigenvalue weighted by Gasteiger charge is 2.33. The van der Waals surface area contributed by atoms with E-state index in [0.29, 0.717) is 10.8 Å². The van der Waals surface area contributed by atoms with Crippen molar-refractivity contribution in [3.05, 3.63) is 34.9 Å².